The Morgan fingerprint density at radius 1 is 1.50 bits per heavy atom. The third kappa shape index (κ3) is 4.23. The van der Waals surface area contributed by atoms with Gasteiger partial charge < -0.3 is 16.0 Å². The van der Waals surface area contributed by atoms with Crippen LogP contribution in [0.5, 0.6) is 0 Å². The maximum absolute atomic E-state index is 11.9. The Labute approximate surface area is 121 Å². The van der Waals surface area contributed by atoms with Crippen molar-refractivity contribution in [2.24, 2.45) is 5.92 Å². The van der Waals surface area contributed by atoms with Crippen LogP contribution in [-0.4, -0.2) is 36.5 Å². The molecule has 0 aliphatic carbocycles. The first-order valence-electron chi connectivity index (χ1n) is 7.39. The highest BCUT2D eigenvalue weighted by Gasteiger charge is 2.24. The molecule has 2 rings (SSSR count). The highest BCUT2D eigenvalue weighted by Crippen LogP contribution is 2.17. The summed E-state index contributed by atoms with van der Waals surface area (Å²) in [5, 5.41) is 3.05. The molecule has 0 bridgehead atoms. The first-order chi connectivity index (χ1) is 9.54. The van der Waals surface area contributed by atoms with Gasteiger partial charge in [-0.25, -0.2) is 0 Å². The molecular weight excluding hydrogens is 250 g/mol. The van der Waals surface area contributed by atoms with Crippen molar-refractivity contribution in [1.29, 1.82) is 0 Å². The number of nitrogens with two attached hydrogens (primary N) is 1. The number of likely N-dealkylation sites (tertiary alicyclic amines) is 1. The zero-order chi connectivity index (χ0) is 14.5. The van der Waals surface area contributed by atoms with Gasteiger partial charge in [0.05, 0.1) is 6.42 Å². The second-order valence-corrected chi connectivity index (χ2v) is 5.97. The van der Waals surface area contributed by atoms with Crippen molar-refractivity contribution in [2.75, 3.05) is 25.4 Å². The molecule has 1 aromatic rings. The number of nitrogen functional groups attached to an aromatic ring is 1. The molecule has 20 heavy (non-hydrogen) atoms. The lowest BCUT2D eigenvalue weighted by atomic mass is 10.1. The third-order valence-corrected chi connectivity index (χ3v) is 3.95. The average Bonchev–Trinajstić information content (AvgIpc) is 2.85. The fourth-order valence-electron chi connectivity index (χ4n) is 2.71. The molecule has 4 nitrogen and oxygen atoms in total. The number of carbonyl (C=O) groups is 1. The quantitative estimate of drug-likeness (QED) is 0.804. The van der Waals surface area contributed by atoms with Crippen LogP contribution in [0.4, 0.5) is 5.69 Å². The smallest absolute Gasteiger partial charge is 0.224 e. The zero-order valence-corrected chi connectivity index (χ0v) is 12.4. The van der Waals surface area contributed by atoms with Gasteiger partial charge in [0.25, 0.3) is 0 Å². The molecule has 1 unspecified atom stereocenters. The third-order valence-electron chi connectivity index (χ3n) is 3.95. The number of rotatable bonds is 5. The van der Waals surface area contributed by atoms with Gasteiger partial charge >= 0.3 is 0 Å². The van der Waals surface area contributed by atoms with Crippen LogP contribution in [0.1, 0.15) is 25.8 Å². The lowest BCUT2D eigenvalue weighted by Gasteiger charge is -2.20. The van der Waals surface area contributed by atoms with E-state index in [0.717, 1.165) is 25.2 Å². The van der Waals surface area contributed by atoms with E-state index in [1.807, 2.05) is 24.3 Å². The van der Waals surface area contributed by atoms with Gasteiger partial charge in [0, 0.05) is 24.8 Å². The Hall–Kier alpha value is -1.55. The fraction of sp³-hybridized carbons (Fsp3) is 0.562. The van der Waals surface area contributed by atoms with E-state index in [9.17, 15) is 4.79 Å². The first kappa shape index (κ1) is 14.9. The fourth-order valence-corrected chi connectivity index (χ4v) is 2.71. The molecule has 4 heteroatoms. The van der Waals surface area contributed by atoms with E-state index in [0.29, 0.717) is 24.1 Å². The van der Waals surface area contributed by atoms with Crippen molar-refractivity contribution in [3.05, 3.63) is 29.8 Å². The molecule has 1 atom stereocenters. The SMILES string of the molecule is CC(C)N1CCC(CNC(=O)Cc2cccc(N)c2)C1. The van der Waals surface area contributed by atoms with Crippen LogP contribution in [0.3, 0.4) is 0 Å². The monoisotopic (exact) mass is 275 g/mol. The van der Waals surface area contributed by atoms with Crippen LogP contribution >= 0.6 is 0 Å². The number of hydrogen-bond acceptors (Lipinski definition) is 3. The van der Waals surface area contributed by atoms with E-state index in [1.54, 1.807) is 0 Å². The average molecular weight is 275 g/mol. The van der Waals surface area contributed by atoms with Crippen molar-refractivity contribution in [3.8, 4) is 0 Å². The van der Waals surface area contributed by atoms with Gasteiger partial charge in [-0.2, -0.15) is 0 Å². The lowest BCUT2D eigenvalue weighted by molar-refractivity contribution is -0.120. The van der Waals surface area contributed by atoms with Crippen molar-refractivity contribution in [3.63, 3.8) is 0 Å². The summed E-state index contributed by atoms with van der Waals surface area (Å²) in [6.07, 6.45) is 1.59. The zero-order valence-electron chi connectivity index (χ0n) is 12.4. The molecule has 1 amide bonds. The Morgan fingerprint density at radius 2 is 2.30 bits per heavy atom. The van der Waals surface area contributed by atoms with E-state index < -0.39 is 0 Å². The van der Waals surface area contributed by atoms with Gasteiger partial charge in [0.15, 0.2) is 0 Å². The number of anilines is 1. The van der Waals surface area contributed by atoms with Crippen molar-refractivity contribution in [2.45, 2.75) is 32.7 Å². The number of hydrogen-bond donors (Lipinski definition) is 2. The Kier molecular flexibility index (Phi) is 5.01. The largest absolute Gasteiger partial charge is 0.399 e. The maximum atomic E-state index is 11.9. The Bertz CT molecular complexity index is 459. The standard InChI is InChI=1S/C16H25N3O/c1-12(2)19-7-6-14(11-19)10-18-16(20)9-13-4-3-5-15(17)8-13/h3-5,8,12,14H,6-7,9-11,17H2,1-2H3,(H,18,20). The van der Waals surface area contributed by atoms with Crippen molar-refractivity contribution >= 4 is 11.6 Å². The highest BCUT2D eigenvalue weighted by molar-refractivity contribution is 5.78. The summed E-state index contributed by atoms with van der Waals surface area (Å²) in [6, 6.07) is 8.11. The molecule has 0 aromatic heterocycles. The highest BCUT2D eigenvalue weighted by atomic mass is 16.1. The molecule has 1 saturated heterocycles. The van der Waals surface area contributed by atoms with Crippen LogP contribution in [-0.2, 0) is 11.2 Å². The molecule has 0 radical (unpaired) electrons. The second-order valence-electron chi connectivity index (χ2n) is 5.97. The van der Waals surface area contributed by atoms with Gasteiger partial charge in [0.1, 0.15) is 0 Å². The van der Waals surface area contributed by atoms with Crippen molar-refractivity contribution in [1.82, 2.24) is 10.2 Å². The van der Waals surface area contributed by atoms with Crippen molar-refractivity contribution < 1.29 is 4.79 Å². The summed E-state index contributed by atoms with van der Waals surface area (Å²) in [5.74, 6) is 0.667. The number of carbonyl (C=O) groups excluding carboxylic acids is 1. The predicted molar refractivity (Wildman–Crippen MR) is 82.4 cm³/mol. The minimum Gasteiger partial charge on any atom is -0.399 e. The topological polar surface area (TPSA) is 58.4 Å². The molecule has 1 aliphatic rings. The number of benzene rings is 1. The van der Waals surface area contributed by atoms with E-state index in [-0.39, 0.29) is 5.91 Å². The van der Waals surface area contributed by atoms with Gasteiger partial charge in [0.2, 0.25) is 5.91 Å². The van der Waals surface area contributed by atoms with E-state index in [4.69, 9.17) is 5.73 Å². The summed E-state index contributed by atoms with van der Waals surface area (Å²) in [5.41, 5.74) is 7.39. The molecule has 1 fully saturated rings. The number of nitrogens with one attached hydrogen (secondary N) is 1. The van der Waals surface area contributed by atoms with E-state index in [2.05, 4.69) is 24.1 Å². The minimum absolute atomic E-state index is 0.0820. The summed E-state index contributed by atoms with van der Waals surface area (Å²) in [6.45, 7) is 7.47. The molecule has 3 N–H and O–H groups in total. The molecule has 110 valence electrons. The van der Waals surface area contributed by atoms with E-state index in [1.165, 1.54) is 6.42 Å². The minimum atomic E-state index is 0.0820. The van der Waals surface area contributed by atoms with Gasteiger partial charge in [-0.3, -0.25) is 4.79 Å². The Morgan fingerprint density at radius 3 is 2.95 bits per heavy atom. The lowest BCUT2D eigenvalue weighted by Crippen LogP contribution is -2.33. The van der Waals surface area contributed by atoms with Gasteiger partial charge in [-0.1, -0.05) is 12.1 Å². The summed E-state index contributed by atoms with van der Waals surface area (Å²) in [7, 11) is 0. The van der Waals surface area contributed by atoms with Crippen LogP contribution in [0.25, 0.3) is 0 Å². The molecule has 1 aromatic carbocycles. The molecule has 0 spiro atoms. The maximum Gasteiger partial charge on any atom is 0.224 e. The summed E-state index contributed by atoms with van der Waals surface area (Å²) in [4.78, 5) is 14.4. The van der Waals surface area contributed by atoms with Gasteiger partial charge in [-0.15, -0.1) is 0 Å². The predicted octanol–water partition coefficient (Wildman–Crippen LogP) is 1.66. The van der Waals surface area contributed by atoms with Crippen LogP contribution < -0.4 is 11.1 Å². The van der Waals surface area contributed by atoms with Crippen LogP contribution in [0.2, 0.25) is 0 Å². The molecule has 1 heterocycles. The van der Waals surface area contributed by atoms with Gasteiger partial charge in [-0.05, 0) is 50.4 Å². The summed E-state index contributed by atoms with van der Waals surface area (Å²) >= 11 is 0. The van der Waals surface area contributed by atoms with Crippen LogP contribution in [0, 0.1) is 5.92 Å². The molecule has 1 aliphatic heterocycles. The van der Waals surface area contributed by atoms with E-state index >= 15 is 0 Å². The Balaban J connectivity index is 1.73. The normalized spacial score (nSPS) is 19.4. The molecular formula is C16H25N3O. The second kappa shape index (κ2) is 6.75. The first-order valence-corrected chi connectivity index (χ1v) is 7.39. The van der Waals surface area contributed by atoms with Crippen LogP contribution in [0.15, 0.2) is 24.3 Å². The number of amides is 1. The molecule has 0 saturated carbocycles. The number of nitrogens with zero attached hydrogens (tertiary/aromatic N) is 1. The summed E-state index contributed by atoms with van der Waals surface area (Å²) < 4.78 is 0.